The Balaban J connectivity index is 2.58. The van der Waals surface area contributed by atoms with Crippen LogP contribution in [0.4, 0.5) is 26.3 Å². The number of hydrogen-bond donors (Lipinski definition) is 3. The predicted octanol–water partition coefficient (Wildman–Crippen LogP) is 3.53. The topological polar surface area (TPSA) is 81.1 Å². The largest absolute Gasteiger partial charge is 0.416 e. The maximum absolute atomic E-state index is 13.5. The quantitative estimate of drug-likeness (QED) is 0.542. The first-order valence-corrected chi connectivity index (χ1v) is 9.43. The van der Waals surface area contributed by atoms with Crippen LogP contribution >= 0.6 is 0 Å². The minimum Gasteiger partial charge on any atom is -0.354 e. The molecule has 1 amide bonds. The van der Waals surface area contributed by atoms with E-state index in [0.29, 0.717) is 0 Å². The molecular formula is C21H23F6N3O. The Hall–Kier alpha value is -2.59. The highest BCUT2D eigenvalue weighted by atomic mass is 19.4. The molecule has 2 aromatic rings. The normalized spacial score (nSPS) is 12.6. The van der Waals surface area contributed by atoms with E-state index in [1.807, 2.05) is 0 Å². The van der Waals surface area contributed by atoms with Crippen molar-refractivity contribution in [1.29, 1.82) is 0 Å². The zero-order valence-corrected chi connectivity index (χ0v) is 16.5. The van der Waals surface area contributed by atoms with E-state index in [4.69, 9.17) is 11.5 Å². The minimum absolute atomic E-state index is 0.00240. The number of hydrogen-bond acceptors (Lipinski definition) is 3. The molecule has 4 nitrogen and oxygen atoms in total. The molecule has 2 aromatic carbocycles. The Bertz CT molecular complexity index is 836. The van der Waals surface area contributed by atoms with E-state index in [2.05, 4.69) is 5.32 Å². The number of benzene rings is 2. The second-order valence-electron chi connectivity index (χ2n) is 7.19. The number of carbonyl (C=O) groups excluding carboxylic acids is 1. The van der Waals surface area contributed by atoms with Crippen molar-refractivity contribution in [2.75, 3.05) is 19.6 Å². The molecule has 2 rings (SSSR count). The Morgan fingerprint density at radius 1 is 0.774 bits per heavy atom. The van der Waals surface area contributed by atoms with Crippen LogP contribution in [0.1, 0.15) is 22.3 Å². The van der Waals surface area contributed by atoms with Gasteiger partial charge in [0, 0.05) is 19.6 Å². The van der Waals surface area contributed by atoms with Gasteiger partial charge in [0.25, 0.3) is 0 Å². The number of nitrogens with two attached hydrogens (primary N) is 2. The molecule has 0 saturated heterocycles. The molecule has 0 spiro atoms. The van der Waals surface area contributed by atoms with E-state index in [1.54, 1.807) is 0 Å². The summed E-state index contributed by atoms with van der Waals surface area (Å²) in [6.07, 6.45) is -10.4. The maximum Gasteiger partial charge on any atom is 0.416 e. The molecule has 0 radical (unpaired) electrons. The Morgan fingerprint density at radius 2 is 1.19 bits per heavy atom. The number of rotatable bonds is 8. The van der Waals surface area contributed by atoms with Crippen LogP contribution in [-0.4, -0.2) is 25.5 Å². The van der Waals surface area contributed by atoms with Gasteiger partial charge in [0.2, 0.25) is 5.91 Å². The van der Waals surface area contributed by atoms with Gasteiger partial charge in [-0.2, -0.15) is 26.3 Å². The van der Waals surface area contributed by atoms with Gasteiger partial charge in [0.05, 0.1) is 16.5 Å². The lowest BCUT2D eigenvalue weighted by atomic mass is 9.74. The highest BCUT2D eigenvalue weighted by Gasteiger charge is 2.43. The lowest BCUT2D eigenvalue weighted by molar-refractivity contribution is -0.140. The van der Waals surface area contributed by atoms with Gasteiger partial charge in [-0.25, -0.2) is 0 Å². The van der Waals surface area contributed by atoms with Crippen molar-refractivity contribution in [3.8, 4) is 0 Å². The van der Waals surface area contributed by atoms with Gasteiger partial charge in [-0.05, 0) is 36.1 Å². The van der Waals surface area contributed by atoms with Gasteiger partial charge in [-0.3, -0.25) is 4.79 Å². The van der Waals surface area contributed by atoms with Gasteiger partial charge in [0.1, 0.15) is 0 Å². The van der Waals surface area contributed by atoms with E-state index in [-0.39, 0.29) is 24.2 Å². The van der Waals surface area contributed by atoms with Gasteiger partial charge in [-0.1, -0.05) is 36.4 Å². The fourth-order valence-electron chi connectivity index (χ4n) is 3.46. The molecule has 0 bridgehead atoms. The molecule has 0 aromatic heterocycles. The van der Waals surface area contributed by atoms with Crippen molar-refractivity contribution in [2.45, 2.75) is 25.2 Å². The third kappa shape index (κ3) is 5.98. The Kier molecular flexibility index (Phi) is 7.72. The zero-order valence-electron chi connectivity index (χ0n) is 16.5. The summed E-state index contributed by atoms with van der Waals surface area (Å²) in [6, 6.07) is 9.24. The van der Waals surface area contributed by atoms with Gasteiger partial charge in [0.15, 0.2) is 0 Å². The average Bonchev–Trinajstić information content (AvgIpc) is 2.70. The molecule has 0 aliphatic heterocycles. The number of amides is 1. The molecule has 5 N–H and O–H groups in total. The van der Waals surface area contributed by atoms with Crippen molar-refractivity contribution in [3.63, 3.8) is 0 Å². The SMILES string of the molecule is NCCNC(=O)C(CN)(Cc1ccccc1C(F)(F)F)Cc1ccccc1C(F)(F)F. The summed E-state index contributed by atoms with van der Waals surface area (Å²) in [5.41, 5.74) is 7.08. The third-order valence-electron chi connectivity index (χ3n) is 5.01. The summed E-state index contributed by atoms with van der Waals surface area (Å²) in [7, 11) is 0. The van der Waals surface area contributed by atoms with Crippen molar-refractivity contribution >= 4 is 5.91 Å². The molecule has 0 atom stereocenters. The van der Waals surface area contributed by atoms with E-state index < -0.39 is 54.2 Å². The minimum atomic E-state index is -4.70. The number of halogens is 6. The molecule has 170 valence electrons. The average molecular weight is 447 g/mol. The summed E-state index contributed by atoms with van der Waals surface area (Å²) >= 11 is 0. The summed E-state index contributed by atoms with van der Waals surface area (Å²) < 4.78 is 80.9. The van der Waals surface area contributed by atoms with Crippen molar-refractivity contribution in [3.05, 3.63) is 70.8 Å². The molecule has 0 aliphatic rings. The first kappa shape index (κ1) is 24.7. The van der Waals surface area contributed by atoms with Crippen molar-refractivity contribution < 1.29 is 31.1 Å². The smallest absolute Gasteiger partial charge is 0.354 e. The van der Waals surface area contributed by atoms with E-state index >= 15 is 0 Å². The monoisotopic (exact) mass is 447 g/mol. The molecule has 0 saturated carbocycles. The van der Waals surface area contributed by atoms with Gasteiger partial charge in [-0.15, -0.1) is 0 Å². The predicted molar refractivity (Wildman–Crippen MR) is 104 cm³/mol. The molecule has 0 unspecified atom stereocenters. The molecule has 31 heavy (non-hydrogen) atoms. The highest BCUT2D eigenvalue weighted by molar-refractivity contribution is 5.84. The first-order valence-electron chi connectivity index (χ1n) is 9.43. The summed E-state index contributed by atoms with van der Waals surface area (Å²) in [4.78, 5) is 13.0. The zero-order chi connectivity index (χ0) is 23.3. The van der Waals surface area contributed by atoms with E-state index in [1.165, 1.54) is 36.4 Å². The van der Waals surface area contributed by atoms with Crippen LogP contribution in [0.25, 0.3) is 0 Å². The van der Waals surface area contributed by atoms with Gasteiger partial charge < -0.3 is 16.8 Å². The van der Waals surface area contributed by atoms with Crippen molar-refractivity contribution in [1.82, 2.24) is 5.32 Å². The summed E-state index contributed by atoms with van der Waals surface area (Å²) in [5.74, 6) is -0.755. The second kappa shape index (κ2) is 9.69. The van der Waals surface area contributed by atoms with Crippen molar-refractivity contribution in [2.24, 2.45) is 16.9 Å². The lowest BCUT2D eigenvalue weighted by Gasteiger charge is -2.33. The third-order valence-corrected chi connectivity index (χ3v) is 5.01. The Labute approximate surface area is 175 Å². The first-order chi connectivity index (χ1) is 14.4. The summed E-state index contributed by atoms with van der Waals surface area (Å²) in [5, 5.41) is 2.47. The standard InChI is InChI=1S/C21H23F6N3O/c22-20(23,24)16-7-3-1-5-14(16)11-19(13-29,18(31)30-10-9-28)12-15-6-2-4-8-17(15)21(25,26)27/h1-8H,9-13,28-29H2,(H,30,31). The molecule has 0 fully saturated rings. The highest BCUT2D eigenvalue weighted by Crippen LogP contribution is 2.39. The van der Waals surface area contributed by atoms with Crippen LogP contribution in [0.2, 0.25) is 0 Å². The van der Waals surface area contributed by atoms with E-state index in [0.717, 1.165) is 12.1 Å². The van der Waals surface area contributed by atoms with Crippen LogP contribution in [0.3, 0.4) is 0 Å². The van der Waals surface area contributed by atoms with Gasteiger partial charge >= 0.3 is 12.4 Å². The second-order valence-corrected chi connectivity index (χ2v) is 7.19. The molecular weight excluding hydrogens is 424 g/mol. The molecule has 0 heterocycles. The van der Waals surface area contributed by atoms with Crippen LogP contribution in [0, 0.1) is 5.41 Å². The van der Waals surface area contributed by atoms with Crippen LogP contribution in [0.5, 0.6) is 0 Å². The molecule has 0 aliphatic carbocycles. The number of alkyl halides is 6. The lowest BCUT2D eigenvalue weighted by Crippen LogP contribution is -2.50. The van der Waals surface area contributed by atoms with Crippen LogP contribution in [-0.2, 0) is 30.0 Å². The fraction of sp³-hybridized carbons (Fsp3) is 0.381. The number of nitrogens with one attached hydrogen (secondary N) is 1. The molecule has 10 heteroatoms. The van der Waals surface area contributed by atoms with Crippen LogP contribution in [0.15, 0.2) is 48.5 Å². The number of carbonyl (C=O) groups is 1. The van der Waals surface area contributed by atoms with E-state index in [9.17, 15) is 31.1 Å². The Morgan fingerprint density at radius 3 is 1.55 bits per heavy atom. The van der Waals surface area contributed by atoms with Crippen LogP contribution < -0.4 is 16.8 Å². The maximum atomic E-state index is 13.5. The fourth-order valence-corrected chi connectivity index (χ4v) is 3.46. The summed E-state index contributed by atoms with van der Waals surface area (Å²) in [6.45, 7) is -0.422.